The molecular weight excluding hydrogens is 355 g/mol. The molecule has 0 aliphatic heterocycles. The van der Waals surface area contributed by atoms with Gasteiger partial charge in [-0.15, -0.1) is 0 Å². The molecule has 138 valence electrons. The number of rotatable bonds is 5. The second-order valence-electron chi connectivity index (χ2n) is 5.80. The van der Waals surface area contributed by atoms with Crippen molar-refractivity contribution in [2.45, 2.75) is 12.7 Å². The summed E-state index contributed by atoms with van der Waals surface area (Å²) < 4.78 is 38.2. The molecule has 3 rings (SSSR count). The minimum atomic E-state index is -4.46. The summed E-state index contributed by atoms with van der Waals surface area (Å²) in [7, 11) is 0. The third kappa shape index (κ3) is 5.07. The van der Waals surface area contributed by atoms with Crippen molar-refractivity contribution in [2.24, 2.45) is 0 Å². The summed E-state index contributed by atoms with van der Waals surface area (Å²) in [4.78, 5) is 16.4. The van der Waals surface area contributed by atoms with Gasteiger partial charge in [-0.25, -0.2) is 4.98 Å². The van der Waals surface area contributed by atoms with Gasteiger partial charge >= 0.3 is 6.18 Å². The van der Waals surface area contributed by atoms with Gasteiger partial charge in [-0.05, 0) is 35.9 Å². The number of pyridine rings is 1. The fourth-order valence-corrected chi connectivity index (χ4v) is 2.40. The predicted octanol–water partition coefficient (Wildman–Crippen LogP) is 4.96. The van der Waals surface area contributed by atoms with Crippen LogP contribution in [0.4, 0.5) is 24.7 Å². The first-order valence-corrected chi connectivity index (χ1v) is 8.14. The molecule has 0 spiro atoms. The number of carbonyl (C=O) groups excluding carboxylic acids is 1. The molecular formula is C20H16F3N3O. The summed E-state index contributed by atoms with van der Waals surface area (Å²) in [6.45, 7) is 0.587. The van der Waals surface area contributed by atoms with Crippen molar-refractivity contribution in [1.29, 1.82) is 0 Å². The number of benzene rings is 2. The minimum Gasteiger partial charge on any atom is -0.366 e. The Balaban J connectivity index is 1.62. The Morgan fingerprint density at radius 2 is 1.74 bits per heavy atom. The van der Waals surface area contributed by atoms with Gasteiger partial charge in [0, 0.05) is 18.4 Å². The summed E-state index contributed by atoms with van der Waals surface area (Å²) in [6.07, 6.45) is -3.09. The average Bonchev–Trinajstić information content (AvgIpc) is 2.67. The highest BCUT2D eigenvalue weighted by molar-refractivity contribution is 6.04. The smallest absolute Gasteiger partial charge is 0.366 e. The summed E-state index contributed by atoms with van der Waals surface area (Å²) >= 11 is 0. The Morgan fingerprint density at radius 3 is 2.41 bits per heavy atom. The van der Waals surface area contributed by atoms with Crippen LogP contribution in [0.25, 0.3) is 0 Å². The fourth-order valence-electron chi connectivity index (χ4n) is 2.40. The maximum atomic E-state index is 12.7. The van der Waals surface area contributed by atoms with Crippen LogP contribution in [0.3, 0.4) is 0 Å². The SMILES string of the molecule is O=C(Nc1cccc(C(F)(F)F)c1)c1ccc(NCc2ccccc2)nc1. The molecule has 0 aliphatic carbocycles. The van der Waals surface area contributed by atoms with Gasteiger partial charge in [0.25, 0.3) is 5.91 Å². The number of halogens is 3. The molecule has 7 heteroatoms. The van der Waals surface area contributed by atoms with E-state index in [1.54, 1.807) is 12.1 Å². The number of nitrogens with zero attached hydrogens (tertiary/aromatic N) is 1. The average molecular weight is 371 g/mol. The summed E-state index contributed by atoms with van der Waals surface area (Å²) in [5.74, 6) is 0.0610. The number of aromatic nitrogens is 1. The highest BCUT2D eigenvalue weighted by Gasteiger charge is 2.30. The Kier molecular flexibility index (Phi) is 5.40. The first-order valence-electron chi connectivity index (χ1n) is 8.14. The molecule has 0 saturated carbocycles. The Hall–Kier alpha value is -3.35. The van der Waals surface area contributed by atoms with E-state index in [1.807, 2.05) is 30.3 Å². The molecule has 0 unspecified atom stereocenters. The summed E-state index contributed by atoms with van der Waals surface area (Å²) in [6, 6.07) is 17.4. The van der Waals surface area contributed by atoms with Crippen molar-refractivity contribution in [3.05, 3.63) is 89.6 Å². The third-order valence-corrected chi connectivity index (χ3v) is 3.79. The van der Waals surface area contributed by atoms with Gasteiger partial charge in [0.2, 0.25) is 0 Å². The van der Waals surface area contributed by atoms with Crippen molar-refractivity contribution >= 4 is 17.4 Å². The number of carbonyl (C=O) groups is 1. The lowest BCUT2D eigenvalue weighted by atomic mass is 10.2. The van der Waals surface area contributed by atoms with Gasteiger partial charge in [0.1, 0.15) is 5.82 Å². The van der Waals surface area contributed by atoms with Crippen LogP contribution in [0.1, 0.15) is 21.5 Å². The van der Waals surface area contributed by atoms with Crippen LogP contribution >= 0.6 is 0 Å². The molecule has 0 aliphatic rings. The monoisotopic (exact) mass is 371 g/mol. The van der Waals surface area contributed by atoms with Crippen LogP contribution in [0.2, 0.25) is 0 Å². The molecule has 1 aromatic heterocycles. The van der Waals surface area contributed by atoms with E-state index in [0.29, 0.717) is 12.4 Å². The molecule has 2 N–H and O–H groups in total. The number of amides is 1. The molecule has 2 aromatic carbocycles. The fraction of sp³-hybridized carbons (Fsp3) is 0.100. The lowest BCUT2D eigenvalue weighted by Crippen LogP contribution is -2.13. The van der Waals surface area contributed by atoms with Crippen LogP contribution in [0.15, 0.2) is 72.9 Å². The van der Waals surface area contributed by atoms with Gasteiger partial charge in [-0.2, -0.15) is 13.2 Å². The molecule has 0 radical (unpaired) electrons. The van der Waals surface area contributed by atoms with Crippen LogP contribution < -0.4 is 10.6 Å². The molecule has 0 fully saturated rings. The lowest BCUT2D eigenvalue weighted by molar-refractivity contribution is -0.137. The van der Waals surface area contributed by atoms with Gasteiger partial charge in [-0.3, -0.25) is 4.79 Å². The molecule has 1 amide bonds. The van der Waals surface area contributed by atoms with E-state index >= 15 is 0 Å². The second-order valence-corrected chi connectivity index (χ2v) is 5.80. The van der Waals surface area contributed by atoms with Crippen molar-refractivity contribution in [3.63, 3.8) is 0 Å². The zero-order chi connectivity index (χ0) is 19.3. The Bertz CT molecular complexity index is 910. The molecule has 1 heterocycles. The number of anilines is 2. The highest BCUT2D eigenvalue weighted by Crippen LogP contribution is 2.30. The van der Waals surface area contributed by atoms with Gasteiger partial charge in [-0.1, -0.05) is 36.4 Å². The standard InChI is InChI=1S/C20H16F3N3O/c21-20(22,23)16-7-4-8-17(11-16)26-19(27)15-9-10-18(25-13-15)24-12-14-5-2-1-3-6-14/h1-11,13H,12H2,(H,24,25)(H,26,27). The van der Waals surface area contributed by atoms with Gasteiger partial charge in [0.05, 0.1) is 11.1 Å². The van der Waals surface area contributed by atoms with Crippen LogP contribution in [0, 0.1) is 0 Å². The lowest BCUT2D eigenvalue weighted by Gasteiger charge is -2.10. The molecule has 0 saturated heterocycles. The van der Waals surface area contributed by atoms with E-state index in [-0.39, 0.29) is 11.3 Å². The van der Waals surface area contributed by atoms with E-state index in [4.69, 9.17) is 0 Å². The minimum absolute atomic E-state index is 0.0705. The quantitative estimate of drug-likeness (QED) is 0.666. The third-order valence-electron chi connectivity index (χ3n) is 3.79. The van der Waals surface area contributed by atoms with Crippen LogP contribution in [-0.4, -0.2) is 10.9 Å². The maximum Gasteiger partial charge on any atom is 0.416 e. The van der Waals surface area contributed by atoms with Crippen LogP contribution in [0.5, 0.6) is 0 Å². The molecule has 3 aromatic rings. The molecule has 27 heavy (non-hydrogen) atoms. The predicted molar refractivity (Wildman–Crippen MR) is 97.4 cm³/mol. The maximum absolute atomic E-state index is 12.7. The highest BCUT2D eigenvalue weighted by atomic mass is 19.4. The van der Waals surface area contributed by atoms with E-state index in [1.165, 1.54) is 18.3 Å². The van der Waals surface area contributed by atoms with E-state index in [0.717, 1.165) is 17.7 Å². The number of alkyl halides is 3. The van der Waals surface area contributed by atoms with E-state index in [2.05, 4.69) is 15.6 Å². The summed E-state index contributed by atoms with van der Waals surface area (Å²) in [5, 5.41) is 5.58. The Labute approximate surface area is 154 Å². The zero-order valence-corrected chi connectivity index (χ0v) is 14.1. The van der Waals surface area contributed by atoms with Gasteiger partial charge in [0.15, 0.2) is 0 Å². The van der Waals surface area contributed by atoms with E-state index in [9.17, 15) is 18.0 Å². The number of nitrogens with one attached hydrogen (secondary N) is 2. The number of hydrogen-bond acceptors (Lipinski definition) is 3. The van der Waals surface area contributed by atoms with Crippen molar-refractivity contribution in [2.75, 3.05) is 10.6 Å². The van der Waals surface area contributed by atoms with Crippen molar-refractivity contribution in [3.8, 4) is 0 Å². The van der Waals surface area contributed by atoms with E-state index < -0.39 is 17.6 Å². The zero-order valence-electron chi connectivity index (χ0n) is 14.1. The first kappa shape index (κ1) is 18.4. The topological polar surface area (TPSA) is 54.0 Å². The van der Waals surface area contributed by atoms with Gasteiger partial charge < -0.3 is 10.6 Å². The normalized spacial score (nSPS) is 11.1. The van der Waals surface area contributed by atoms with Crippen molar-refractivity contribution < 1.29 is 18.0 Å². The Morgan fingerprint density at radius 1 is 0.963 bits per heavy atom. The first-order chi connectivity index (χ1) is 12.9. The number of hydrogen-bond donors (Lipinski definition) is 2. The second kappa shape index (κ2) is 7.90. The molecule has 4 nitrogen and oxygen atoms in total. The molecule has 0 atom stereocenters. The molecule has 0 bridgehead atoms. The van der Waals surface area contributed by atoms with Crippen molar-refractivity contribution in [1.82, 2.24) is 4.98 Å². The van der Waals surface area contributed by atoms with Crippen LogP contribution in [-0.2, 0) is 12.7 Å². The summed E-state index contributed by atoms with van der Waals surface area (Å²) in [5.41, 5.74) is 0.586. The largest absolute Gasteiger partial charge is 0.416 e.